The molecule has 16 heavy (non-hydrogen) atoms. The molecular weight excluding hydrogens is 202 g/mol. The third-order valence-electron chi connectivity index (χ3n) is 3.59. The molecule has 0 bridgehead atoms. The van der Waals surface area contributed by atoms with Crippen LogP contribution in [0.25, 0.3) is 0 Å². The van der Waals surface area contributed by atoms with Crippen LogP contribution in [0.4, 0.5) is 0 Å². The fraction of sp³-hybridized carbons (Fsp3) is 0.692. The van der Waals surface area contributed by atoms with E-state index in [1.165, 1.54) is 19.3 Å². The maximum Gasteiger partial charge on any atom is 0.129 e. The summed E-state index contributed by atoms with van der Waals surface area (Å²) in [6.07, 6.45) is 3.88. The van der Waals surface area contributed by atoms with Crippen LogP contribution in [0.2, 0.25) is 0 Å². The van der Waals surface area contributed by atoms with Gasteiger partial charge in [0.15, 0.2) is 0 Å². The maximum absolute atomic E-state index is 8.95. The van der Waals surface area contributed by atoms with Gasteiger partial charge >= 0.3 is 0 Å². The summed E-state index contributed by atoms with van der Waals surface area (Å²) in [6.45, 7) is 5.42. The van der Waals surface area contributed by atoms with E-state index in [1.54, 1.807) is 0 Å². The van der Waals surface area contributed by atoms with Crippen molar-refractivity contribution >= 4 is 0 Å². The summed E-state index contributed by atoms with van der Waals surface area (Å²) in [5, 5.41) is 8.95. The molecule has 0 amide bonds. The zero-order chi connectivity index (χ0) is 11.5. The molecule has 1 N–H and O–H groups in total. The van der Waals surface area contributed by atoms with Crippen LogP contribution in [0.3, 0.4) is 0 Å². The van der Waals surface area contributed by atoms with Gasteiger partial charge in [-0.05, 0) is 38.8 Å². The standard InChI is InChI=1S/C13H21NO2/c1-10-4-3-5-11(2)14(10)8-12-6-7-13(9-15)16-12/h6-7,10-11,15H,3-5,8-9H2,1-2H3. The molecule has 1 aliphatic rings. The van der Waals surface area contributed by atoms with Crippen LogP contribution in [0.15, 0.2) is 16.5 Å². The molecule has 0 saturated carbocycles. The van der Waals surface area contributed by atoms with Crippen LogP contribution in [0.1, 0.15) is 44.6 Å². The Morgan fingerprint density at radius 1 is 1.25 bits per heavy atom. The number of furan rings is 1. The Labute approximate surface area is 97.1 Å². The molecule has 3 heteroatoms. The number of aliphatic hydroxyl groups excluding tert-OH is 1. The first-order valence-corrected chi connectivity index (χ1v) is 6.15. The molecule has 0 aromatic carbocycles. The van der Waals surface area contributed by atoms with Crippen molar-refractivity contribution in [1.29, 1.82) is 0 Å². The Kier molecular flexibility index (Phi) is 3.66. The van der Waals surface area contributed by atoms with E-state index in [0.717, 1.165) is 12.3 Å². The Morgan fingerprint density at radius 2 is 1.88 bits per heavy atom. The highest BCUT2D eigenvalue weighted by atomic mass is 16.4. The van der Waals surface area contributed by atoms with E-state index < -0.39 is 0 Å². The fourth-order valence-electron chi connectivity index (χ4n) is 2.56. The molecule has 2 heterocycles. The van der Waals surface area contributed by atoms with E-state index >= 15 is 0 Å². The monoisotopic (exact) mass is 223 g/mol. The minimum atomic E-state index is -0.00882. The molecule has 0 spiro atoms. The molecule has 3 nitrogen and oxygen atoms in total. The maximum atomic E-state index is 8.95. The quantitative estimate of drug-likeness (QED) is 0.855. The average Bonchev–Trinajstić information content (AvgIpc) is 2.71. The molecule has 1 saturated heterocycles. The van der Waals surface area contributed by atoms with Crippen molar-refractivity contribution in [2.75, 3.05) is 0 Å². The van der Waals surface area contributed by atoms with Crippen molar-refractivity contribution in [2.45, 2.75) is 58.3 Å². The lowest BCUT2D eigenvalue weighted by Crippen LogP contribution is -2.42. The Hall–Kier alpha value is -0.800. The van der Waals surface area contributed by atoms with E-state index in [4.69, 9.17) is 9.52 Å². The minimum Gasteiger partial charge on any atom is -0.462 e. The van der Waals surface area contributed by atoms with Crippen molar-refractivity contribution in [3.05, 3.63) is 23.7 Å². The molecule has 0 radical (unpaired) electrons. The van der Waals surface area contributed by atoms with E-state index in [-0.39, 0.29) is 6.61 Å². The number of piperidine rings is 1. The largest absolute Gasteiger partial charge is 0.462 e. The topological polar surface area (TPSA) is 36.6 Å². The predicted molar refractivity (Wildman–Crippen MR) is 62.9 cm³/mol. The number of rotatable bonds is 3. The van der Waals surface area contributed by atoms with Gasteiger partial charge in [0.1, 0.15) is 18.1 Å². The lowest BCUT2D eigenvalue weighted by molar-refractivity contribution is 0.0858. The molecule has 2 rings (SSSR count). The van der Waals surface area contributed by atoms with E-state index in [1.807, 2.05) is 12.1 Å². The molecule has 1 aliphatic heterocycles. The normalized spacial score (nSPS) is 27.2. The van der Waals surface area contributed by atoms with E-state index in [0.29, 0.717) is 17.8 Å². The van der Waals surface area contributed by atoms with Crippen molar-refractivity contribution < 1.29 is 9.52 Å². The van der Waals surface area contributed by atoms with Crippen molar-refractivity contribution in [2.24, 2.45) is 0 Å². The summed E-state index contributed by atoms with van der Waals surface area (Å²) in [7, 11) is 0. The van der Waals surface area contributed by atoms with Gasteiger partial charge < -0.3 is 9.52 Å². The van der Waals surface area contributed by atoms with E-state index in [9.17, 15) is 0 Å². The lowest BCUT2D eigenvalue weighted by Gasteiger charge is -2.38. The third-order valence-corrected chi connectivity index (χ3v) is 3.59. The first-order valence-electron chi connectivity index (χ1n) is 6.15. The second-order valence-electron chi connectivity index (χ2n) is 4.83. The van der Waals surface area contributed by atoms with Crippen LogP contribution < -0.4 is 0 Å². The number of likely N-dealkylation sites (tertiary alicyclic amines) is 1. The summed E-state index contributed by atoms with van der Waals surface area (Å²) in [5.74, 6) is 1.62. The number of hydrogen-bond donors (Lipinski definition) is 1. The molecule has 2 atom stereocenters. The van der Waals surface area contributed by atoms with Crippen LogP contribution in [-0.4, -0.2) is 22.1 Å². The van der Waals surface area contributed by atoms with Gasteiger partial charge in [-0.25, -0.2) is 0 Å². The van der Waals surface area contributed by atoms with Crippen molar-refractivity contribution in [1.82, 2.24) is 4.90 Å². The van der Waals surface area contributed by atoms with Gasteiger partial charge in [0.05, 0.1) is 6.54 Å². The zero-order valence-electron chi connectivity index (χ0n) is 10.1. The Balaban J connectivity index is 2.01. The number of hydrogen-bond acceptors (Lipinski definition) is 3. The van der Waals surface area contributed by atoms with Crippen LogP contribution >= 0.6 is 0 Å². The van der Waals surface area contributed by atoms with E-state index in [2.05, 4.69) is 18.7 Å². The van der Waals surface area contributed by atoms with Crippen LogP contribution in [-0.2, 0) is 13.2 Å². The summed E-state index contributed by atoms with van der Waals surface area (Å²) in [6, 6.07) is 5.09. The molecule has 1 aromatic heterocycles. The van der Waals surface area contributed by atoms with Gasteiger partial charge in [-0.3, -0.25) is 4.90 Å². The van der Waals surface area contributed by atoms with Gasteiger partial charge in [-0.2, -0.15) is 0 Å². The second-order valence-corrected chi connectivity index (χ2v) is 4.83. The Morgan fingerprint density at radius 3 is 2.44 bits per heavy atom. The first-order chi connectivity index (χ1) is 7.70. The average molecular weight is 223 g/mol. The zero-order valence-corrected chi connectivity index (χ0v) is 10.1. The summed E-state index contributed by atoms with van der Waals surface area (Å²) in [4.78, 5) is 2.49. The molecule has 1 aromatic rings. The fourth-order valence-corrected chi connectivity index (χ4v) is 2.56. The number of nitrogens with zero attached hydrogens (tertiary/aromatic N) is 1. The molecular formula is C13H21NO2. The molecule has 0 aliphatic carbocycles. The van der Waals surface area contributed by atoms with Crippen molar-refractivity contribution in [3.8, 4) is 0 Å². The summed E-state index contributed by atoms with van der Waals surface area (Å²) < 4.78 is 5.54. The van der Waals surface area contributed by atoms with Gasteiger partial charge in [0.25, 0.3) is 0 Å². The lowest BCUT2D eigenvalue weighted by atomic mass is 9.97. The summed E-state index contributed by atoms with van der Waals surface area (Å²) >= 11 is 0. The minimum absolute atomic E-state index is 0.00882. The Bertz CT molecular complexity index is 324. The SMILES string of the molecule is CC1CCCC(C)N1Cc1ccc(CO)o1. The van der Waals surface area contributed by atoms with Gasteiger partial charge in [-0.15, -0.1) is 0 Å². The van der Waals surface area contributed by atoms with Crippen LogP contribution in [0, 0.1) is 0 Å². The molecule has 90 valence electrons. The van der Waals surface area contributed by atoms with Gasteiger partial charge in [0.2, 0.25) is 0 Å². The van der Waals surface area contributed by atoms with Crippen LogP contribution in [0.5, 0.6) is 0 Å². The smallest absolute Gasteiger partial charge is 0.129 e. The second kappa shape index (κ2) is 5.02. The third kappa shape index (κ3) is 2.47. The molecule has 1 fully saturated rings. The highest BCUT2D eigenvalue weighted by Crippen LogP contribution is 2.25. The highest BCUT2D eigenvalue weighted by Gasteiger charge is 2.25. The van der Waals surface area contributed by atoms with Gasteiger partial charge in [0, 0.05) is 12.1 Å². The predicted octanol–water partition coefficient (Wildman–Crippen LogP) is 2.53. The van der Waals surface area contributed by atoms with Gasteiger partial charge in [-0.1, -0.05) is 6.42 Å². The first kappa shape index (κ1) is 11.7. The van der Waals surface area contributed by atoms with Crippen molar-refractivity contribution in [3.63, 3.8) is 0 Å². The number of aliphatic hydroxyl groups is 1. The highest BCUT2D eigenvalue weighted by molar-refractivity contribution is 5.06. The molecule has 2 unspecified atom stereocenters. The summed E-state index contributed by atoms with van der Waals surface area (Å²) in [5.41, 5.74) is 0.